The number of nitrogens with zero attached hydrogens (tertiary/aromatic N) is 2. The highest BCUT2D eigenvalue weighted by Gasteiger charge is 2.44. The fourth-order valence-corrected chi connectivity index (χ4v) is 5.91. The molecule has 1 N–H and O–H groups in total. The molecule has 2 fully saturated rings. The molecule has 5 rings (SSSR count). The van der Waals surface area contributed by atoms with Gasteiger partial charge in [0.2, 0.25) is 0 Å². The summed E-state index contributed by atoms with van der Waals surface area (Å²) in [6.45, 7) is 5.65. The van der Waals surface area contributed by atoms with Gasteiger partial charge in [-0.1, -0.05) is 30.3 Å². The Hall–Kier alpha value is -2.64. The van der Waals surface area contributed by atoms with Crippen molar-refractivity contribution >= 4 is 10.8 Å². The molecule has 1 saturated carbocycles. The van der Waals surface area contributed by atoms with Gasteiger partial charge < -0.3 is 29.1 Å². The third-order valence-electron chi connectivity index (χ3n) is 8.31. The second-order valence-corrected chi connectivity index (χ2v) is 10.7. The minimum Gasteiger partial charge on any atom is -0.497 e. The van der Waals surface area contributed by atoms with Gasteiger partial charge in [0.1, 0.15) is 11.5 Å². The lowest BCUT2D eigenvalue weighted by molar-refractivity contribution is -0.114. The van der Waals surface area contributed by atoms with Crippen LogP contribution in [-0.4, -0.2) is 75.0 Å². The number of likely N-dealkylation sites (N-methyl/N-ethyl adjacent to an activating group) is 1. The molecule has 1 aliphatic heterocycles. The van der Waals surface area contributed by atoms with Crippen molar-refractivity contribution in [2.24, 2.45) is 5.92 Å². The Balaban J connectivity index is 1.36. The van der Waals surface area contributed by atoms with Gasteiger partial charge >= 0.3 is 0 Å². The molecule has 6 heteroatoms. The molecule has 1 saturated heterocycles. The molecule has 0 radical (unpaired) electrons. The van der Waals surface area contributed by atoms with E-state index in [2.05, 4.69) is 47.2 Å². The van der Waals surface area contributed by atoms with Crippen molar-refractivity contribution in [3.05, 3.63) is 71.8 Å². The van der Waals surface area contributed by atoms with E-state index in [9.17, 15) is 5.11 Å². The molecule has 0 amide bonds. The van der Waals surface area contributed by atoms with Crippen LogP contribution in [0, 0.1) is 5.92 Å². The van der Waals surface area contributed by atoms with E-state index in [0.717, 1.165) is 79.0 Å². The molecule has 1 aliphatic carbocycles. The molecule has 3 unspecified atom stereocenters. The molecule has 0 bridgehead atoms. The zero-order chi connectivity index (χ0) is 25.8. The van der Waals surface area contributed by atoms with Crippen molar-refractivity contribution in [2.45, 2.75) is 37.6 Å². The number of methoxy groups -OCH3 is 2. The zero-order valence-electron chi connectivity index (χ0n) is 22.4. The number of piperazine rings is 1. The molecule has 0 spiro atoms. The van der Waals surface area contributed by atoms with Gasteiger partial charge in [0.15, 0.2) is 0 Å². The normalized spacial score (nSPS) is 25.3. The Labute approximate surface area is 220 Å². The third kappa shape index (κ3) is 5.93. The first kappa shape index (κ1) is 26.0. The topological polar surface area (TPSA) is 54.4 Å². The van der Waals surface area contributed by atoms with Gasteiger partial charge in [0.25, 0.3) is 0 Å². The highest BCUT2D eigenvalue weighted by molar-refractivity contribution is 5.84. The van der Waals surface area contributed by atoms with Crippen LogP contribution in [0.1, 0.15) is 30.4 Å². The second-order valence-electron chi connectivity index (χ2n) is 10.7. The number of hydrogen-bond acceptors (Lipinski definition) is 6. The van der Waals surface area contributed by atoms with E-state index in [0.29, 0.717) is 13.0 Å². The Morgan fingerprint density at radius 1 is 0.892 bits per heavy atom. The van der Waals surface area contributed by atoms with Crippen molar-refractivity contribution in [3.63, 3.8) is 0 Å². The minimum absolute atomic E-state index is 0.0932. The largest absolute Gasteiger partial charge is 0.497 e. The summed E-state index contributed by atoms with van der Waals surface area (Å²) in [5.41, 5.74) is 1.24. The molecule has 198 valence electrons. The molecule has 3 aromatic carbocycles. The van der Waals surface area contributed by atoms with Crippen LogP contribution in [0.4, 0.5) is 0 Å². The van der Waals surface area contributed by atoms with E-state index in [1.807, 2.05) is 30.3 Å². The molecular weight excluding hydrogens is 464 g/mol. The van der Waals surface area contributed by atoms with Gasteiger partial charge in [0, 0.05) is 38.6 Å². The quantitative estimate of drug-likeness (QED) is 0.481. The molecule has 1 heterocycles. The fourth-order valence-electron chi connectivity index (χ4n) is 5.91. The molecule has 2 aliphatic rings. The first-order valence-electron chi connectivity index (χ1n) is 13.4. The zero-order valence-corrected chi connectivity index (χ0v) is 22.4. The van der Waals surface area contributed by atoms with Crippen LogP contribution in [0.3, 0.4) is 0 Å². The number of hydrogen-bond donors (Lipinski definition) is 1. The predicted octanol–water partition coefficient (Wildman–Crippen LogP) is 4.68. The van der Waals surface area contributed by atoms with Crippen LogP contribution < -0.4 is 9.47 Å². The van der Waals surface area contributed by atoms with Crippen LogP contribution in [0.2, 0.25) is 0 Å². The minimum atomic E-state index is -0.882. The summed E-state index contributed by atoms with van der Waals surface area (Å²) >= 11 is 0. The van der Waals surface area contributed by atoms with E-state index in [1.54, 1.807) is 14.2 Å². The fraction of sp³-hybridized carbons (Fsp3) is 0.484. The second kappa shape index (κ2) is 11.4. The lowest BCUT2D eigenvalue weighted by Crippen LogP contribution is -2.52. The summed E-state index contributed by atoms with van der Waals surface area (Å²) in [5.74, 6) is 1.79. The standard InChI is InChI=1S/C31H40N2O4/c1-32-13-15-33(16-14-32)21-27-20-30(37-22-23-5-4-6-28(17-23)35-2)11-12-31(27,34)26-9-7-25-19-29(36-3)10-8-24(25)18-26/h4-10,17-19,27,30,34H,11-16,20-22H2,1-3H3. The number of ether oxygens (including phenoxy) is 3. The summed E-state index contributed by atoms with van der Waals surface area (Å²) in [5, 5.41) is 14.5. The maximum Gasteiger partial charge on any atom is 0.119 e. The van der Waals surface area contributed by atoms with Crippen molar-refractivity contribution < 1.29 is 19.3 Å². The maximum absolute atomic E-state index is 12.3. The lowest BCUT2D eigenvalue weighted by atomic mass is 9.70. The summed E-state index contributed by atoms with van der Waals surface area (Å²) in [4.78, 5) is 4.90. The van der Waals surface area contributed by atoms with Gasteiger partial charge in [-0.15, -0.1) is 0 Å². The van der Waals surface area contributed by atoms with E-state index in [4.69, 9.17) is 14.2 Å². The number of aliphatic hydroxyl groups is 1. The van der Waals surface area contributed by atoms with Gasteiger partial charge in [-0.2, -0.15) is 0 Å². The van der Waals surface area contributed by atoms with Crippen LogP contribution >= 0.6 is 0 Å². The first-order valence-corrected chi connectivity index (χ1v) is 13.4. The highest BCUT2D eigenvalue weighted by Crippen LogP contribution is 2.44. The van der Waals surface area contributed by atoms with Gasteiger partial charge in [-0.3, -0.25) is 0 Å². The Morgan fingerprint density at radius 2 is 1.62 bits per heavy atom. The SMILES string of the molecule is COc1cccc(COC2CCC(O)(c3ccc4cc(OC)ccc4c3)C(CN3CCN(C)CC3)C2)c1. The van der Waals surface area contributed by atoms with Gasteiger partial charge in [0.05, 0.1) is 32.5 Å². The van der Waals surface area contributed by atoms with Gasteiger partial charge in [-0.05, 0) is 78.5 Å². The lowest BCUT2D eigenvalue weighted by Gasteiger charge is -2.46. The Bertz CT molecular complexity index is 1190. The number of rotatable bonds is 8. The number of benzene rings is 3. The van der Waals surface area contributed by atoms with E-state index in [1.165, 1.54) is 0 Å². The monoisotopic (exact) mass is 504 g/mol. The van der Waals surface area contributed by atoms with Crippen molar-refractivity contribution in [1.82, 2.24) is 9.80 Å². The molecular formula is C31H40N2O4. The average molecular weight is 505 g/mol. The molecule has 37 heavy (non-hydrogen) atoms. The Kier molecular flexibility index (Phi) is 8.01. The highest BCUT2D eigenvalue weighted by atomic mass is 16.5. The van der Waals surface area contributed by atoms with Crippen molar-refractivity contribution in [3.8, 4) is 11.5 Å². The summed E-state index contributed by atoms with van der Waals surface area (Å²) in [7, 11) is 5.56. The van der Waals surface area contributed by atoms with Crippen LogP contribution in [-0.2, 0) is 16.9 Å². The van der Waals surface area contributed by atoms with Crippen LogP contribution in [0.25, 0.3) is 10.8 Å². The number of fused-ring (bicyclic) bond motifs is 1. The van der Waals surface area contributed by atoms with Crippen LogP contribution in [0.5, 0.6) is 11.5 Å². The summed E-state index contributed by atoms with van der Waals surface area (Å²) in [6, 6.07) is 20.6. The molecule has 6 nitrogen and oxygen atoms in total. The third-order valence-corrected chi connectivity index (χ3v) is 8.31. The molecule has 3 aromatic rings. The van der Waals surface area contributed by atoms with Gasteiger partial charge in [-0.25, -0.2) is 0 Å². The van der Waals surface area contributed by atoms with E-state index >= 15 is 0 Å². The first-order chi connectivity index (χ1) is 18.0. The predicted molar refractivity (Wildman–Crippen MR) is 147 cm³/mol. The van der Waals surface area contributed by atoms with Crippen LogP contribution in [0.15, 0.2) is 60.7 Å². The average Bonchev–Trinajstić information content (AvgIpc) is 2.94. The van der Waals surface area contributed by atoms with E-state index in [-0.39, 0.29) is 12.0 Å². The Morgan fingerprint density at radius 3 is 2.41 bits per heavy atom. The van der Waals surface area contributed by atoms with E-state index < -0.39 is 5.60 Å². The summed E-state index contributed by atoms with van der Waals surface area (Å²) < 4.78 is 17.2. The maximum atomic E-state index is 12.3. The van der Waals surface area contributed by atoms with Crippen molar-refractivity contribution in [1.29, 1.82) is 0 Å². The molecule has 3 atom stereocenters. The smallest absolute Gasteiger partial charge is 0.119 e. The summed E-state index contributed by atoms with van der Waals surface area (Å²) in [6.07, 6.45) is 2.48. The van der Waals surface area contributed by atoms with Crippen molar-refractivity contribution in [2.75, 3.05) is 54.0 Å². The molecule has 0 aromatic heterocycles.